The molecule has 1 fully saturated rings. The molecule has 12 nitrogen and oxygen atoms in total. The number of nitrogens with zero attached hydrogens (tertiary/aromatic N) is 6. The Balaban J connectivity index is 1.52. The second-order valence-electron chi connectivity index (χ2n) is 8.49. The first-order valence-corrected chi connectivity index (χ1v) is 11.4. The van der Waals surface area contributed by atoms with Crippen LogP contribution in [0.15, 0.2) is 48.5 Å². The second-order valence-corrected chi connectivity index (χ2v) is 8.49. The van der Waals surface area contributed by atoms with Gasteiger partial charge in [0.25, 0.3) is 17.3 Å². The standard InChI is InChI=1S/C24H22N6O6/c31-24(17-12-18(29(32)33)14-19(13-17)30(34)35)28-7-6-21-20(15-28)23(27-8-10-36-11-9-27)26-22(25-21)16-4-2-1-3-5-16/h1-5,12-14H,6-11,15H2. The number of nitro benzene ring substituents is 2. The van der Waals surface area contributed by atoms with E-state index in [-0.39, 0.29) is 12.1 Å². The molecule has 1 aromatic heterocycles. The first kappa shape index (κ1) is 23.3. The van der Waals surface area contributed by atoms with E-state index in [4.69, 9.17) is 14.7 Å². The first-order valence-electron chi connectivity index (χ1n) is 11.4. The number of fused-ring (bicyclic) bond motifs is 1. The summed E-state index contributed by atoms with van der Waals surface area (Å²) in [5.74, 6) is 0.808. The molecule has 0 saturated carbocycles. The van der Waals surface area contributed by atoms with Crippen molar-refractivity contribution in [2.45, 2.75) is 13.0 Å². The Morgan fingerprint density at radius 2 is 1.58 bits per heavy atom. The molecule has 0 N–H and O–H groups in total. The van der Waals surface area contributed by atoms with Crippen LogP contribution in [0.2, 0.25) is 0 Å². The Morgan fingerprint density at radius 1 is 0.917 bits per heavy atom. The molecular weight excluding hydrogens is 468 g/mol. The molecule has 0 atom stereocenters. The van der Waals surface area contributed by atoms with Gasteiger partial charge in [-0.25, -0.2) is 9.97 Å². The van der Waals surface area contributed by atoms with Crippen molar-refractivity contribution in [3.8, 4) is 11.4 Å². The molecule has 36 heavy (non-hydrogen) atoms. The van der Waals surface area contributed by atoms with Gasteiger partial charge in [0.1, 0.15) is 5.82 Å². The topological polar surface area (TPSA) is 145 Å². The number of benzene rings is 2. The predicted octanol–water partition coefficient (Wildman–Crippen LogP) is 3.00. The molecule has 2 aromatic carbocycles. The molecule has 0 spiro atoms. The van der Waals surface area contributed by atoms with Crippen LogP contribution in [0.1, 0.15) is 21.6 Å². The van der Waals surface area contributed by atoms with E-state index in [2.05, 4.69) is 4.90 Å². The molecule has 0 radical (unpaired) electrons. The number of amides is 1. The Labute approximate surface area is 205 Å². The van der Waals surface area contributed by atoms with Crippen molar-refractivity contribution in [2.75, 3.05) is 37.7 Å². The third-order valence-electron chi connectivity index (χ3n) is 6.24. The van der Waals surface area contributed by atoms with E-state index >= 15 is 0 Å². The molecule has 2 aliphatic rings. The number of carbonyl (C=O) groups is 1. The normalized spacial score (nSPS) is 15.3. The molecule has 3 heterocycles. The van der Waals surface area contributed by atoms with Crippen LogP contribution >= 0.6 is 0 Å². The zero-order chi connectivity index (χ0) is 25.2. The van der Waals surface area contributed by atoms with Crippen LogP contribution in [0.4, 0.5) is 17.2 Å². The van der Waals surface area contributed by atoms with E-state index in [1.807, 2.05) is 30.3 Å². The van der Waals surface area contributed by atoms with Gasteiger partial charge in [0, 0.05) is 49.3 Å². The quantitative estimate of drug-likeness (QED) is 0.389. The van der Waals surface area contributed by atoms with Crippen LogP contribution < -0.4 is 4.90 Å². The molecule has 12 heteroatoms. The molecule has 0 bridgehead atoms. The fourth-order valence-corrected chi connectivity index (χ4v) is 4.44. The summed E-state index contributed by atoms with van der Waals surface area (Å²) in [6.45, 7) is 2.90. The van der Waals surface area contributed by atoms with Crippen molar-refractivity contribution in [3.63, 3.8) is 0 Å². The maximum Gasteiger partial charge on any atom is 0.277 e. The van der Waals surface area contributed by atoms with Gasteiger partial charge in [-0.1, -0.05) is 30.3 Å². The highest BCUT2D eigenvalue weighted by molar-refractivity contribution is 5.96. The third kappa shape index (κ3) is 4.58. The Hall–Kier alpha value is -4.45. The van der Waals surface area contributed by atoms with E-state index in [0.29, 0.717) is 45.1 Å². The summed E-state index contributed by atoms with van der Waals surface area (Å²) in [6, 6.07) is 12.6. The number of rotatable bonds is 5. The summed E-state index contributed by atoms with van der Waals surface area (Å²) < 4.78 is 5.50. The van der Waals surface area contributed by atoms with Gasteiger partial charge in [0.2, 0.25) is 0 Å². The van der Waals surface area contributed by atoms with Crippen LogP contribution in [0.25, 0.3) is 11.4 Å². The zero-order valence-corrected chi connectivity index (χ0v) is 19.2. The lowest BCUT2D eigenvalue weighted by molar-refractivity contribution is -0.394. The monoisotopic (exact) mass is 490 g/mol. The molecule has 2 aliphatic heterocycles. The SMILES string of the molecule is O=C(c1cc([N+](=O)[O-])cc([N+](=O)[O-])c1)N1CCc2nc(-c3ccccc3)nc(N3CCOCC3)c2C1. The summed E-state index contributed by atoms with van der Waals surface area (Å²) >= 11 is 0. The highest BCUT2D eigenvalue weighted by atomic mass is 16.6. The van der Waals surface area contributed by atoms with E-state index < -0.39 is 27.1 Å². The fraction of sp³-hybridized carbons (Fsp3) is 0.292. The summed E-state index contributed by atoms with van der Waals surface area (Å²) in [4.78, 5) is 47.7. The first-order chi connectivity index (χ1) is 17.4. The average molecular weight is 490 g/mol. The highest BCUT2D eigenvalue weighted by Gasteiger charge is 2.30. The van der Waals surface area contributed by atoms with Crippen molar-refractivity contribution in [1.29, 1.82) is 0 Å². The van der Waals surface area contributed by atoms with Gasteiger partial charge in [-0.2, -0.15) is 0 Å². The minimum Gasteiger partial charge on any atom is -0.378 e. The Bertz CT molecular complexity index is 1310. The molecule has 3 aromatic rings. The van der Waals surface area contributed by atoms with Crippen LogP contribution in [0, 0.1) is 20.2 Å². The number of morpholine rings is 1. The minimum absolute atomic E-state index is 0.103. The molecular formula is C24H22N6O6. The molecule has 1 saturated heterocycles. The largest absolute Gasteiger partial charge is 0.378 e. The van der Waals surface area contributed by atoms with Gasteiger partial charge >= 0.3 is 0 Å². The molecule has 0 aliphatic carbocycles. The number of ether oxygens (including phenoxy) is 1. The number of hydrogen-bond acceptors (Lipinski definition) is 9. The summed E-state index contributed by atoms with van der Waals surface area (Å²) in [5, 5.41) is 22.6. The summed E-state index contributed by atoms with van der Waals surface area (Å²) in [7, 11) is 0. The van der Waals surface area contributed by atoms with Crippen molar-refractivity contribution in [2.24, 2.45) is 0 Å². The van der Waals surface area contributed by atoms with Crippen LogP contribution in [0.3, 0.4) is 0 Å². The van der Waals surface area contributed by atoms with Crippen molar-refractivity contribution >= 4 is 23.1 Å². The number of hydrogen-bond donors (Lipinski definition) is 0. The average Bonchev–Trinajstić information content (AvgIpc) is 2.92. The van der Waals surface area contributed by atoms with Gasteiger partial charge in [0.15, 0.2) is 5.82 Å². The predicted molar refractivity (Wildman–Crippen MR) is 129 cm³/mol. The molecule has 184 valence electrons. The number of non-ortho nitro benzene ring substituents is 2. The van der Waals surface area contributed by atoms with E-state index in [0.717, 1.165) is 40.8 Å². The van der Waals surface area contributed by atoms with Gasteiger partial charge in [-0.3, -0.25) is 25.0 Å². The molecule has 1 amide bonds. The van der Waals surface area contributed by atoms with Gasteiger partial charge < -0.3 is 14.5 Å². The lowest BCUT2D eigenvalue weighted by Gasteiger charge is -2.34. The van der Waals surface area contributed by atoms with Crippen molar-refractivity contribution < 1.29 is 19.4 Å². The number of aromatic nitrogens is 2. The molecule has 0 unspecified atom stereocenters. The van der Waals surface area contributed by atoms with E-state index in [1.165, 1.54) is 4.90 Å². The number of nitro groups is 2. The van der Waals surface area contributed by atoms with Gasteiger partial charge in [-0.15, -0.1) is 0 Å². The Morgan fingerprint density at radius 3 is 2.22 bits per heavy atom. The summed E-state index contributed by atoms with van der Waals surface area (Å²) in [6.07, 6.45) is 0.456. The Kier molecular flexibility index (Phi) is 6.25. The van der Waals surface area contributed by atoms with Crippen LogP contribution in [-0.4, -0.2) is 63.5 Å². The summed E-state index contributed by atoms with van der Waals surface area (Å²) in [5.41, 5.74) is 1.41. The zero-order valence-electron chi connectivity index (χ0n) is 19.2. The van der Waals surface area contributed by atoms with E-state index in [1.54, 1.807) is 0 Å². The lowest BCUT2D eigenvalue weighted by atomic mass is 10.0. The maximum absolute atomic E-state index is 13.3. The van der Waals surface area contributed by atoms with Crippen molar-refractivity contribution in [1.82, 2.24) is 14.9 Å². The fourth-order valence-electron chi connectivity index (χ4n) is 4.44. The maximum atomic E-state index is 13.3. The van der Waals surface area contributed by atoms with Gasteiger partial charge in [0.05, 0.1) is 46.9 Å². The smallest absolute Gasteiger partial charge is 0.277 e. The second kappa shape index (κ2) is 9.66. The number of anilines is 1. The van der Waals surface area contributed by atoms with Crippen LogP contribution in [0.5, 0.6) is 0 Å². The van der Waals surface area contributed by atoms with E-state index in [9.17, 15) is 25.0 Å². The third-order valence-corrected chi connectivity index (χ3v) is 6.24. The highest BCUT2D eigenvalue weighted by Crippen LogP contribution is 2.31. The minimum atomic E-state index is -0.745. The van der Waals surface area contributed by atoms with Gasteiger partial charge in [-0.05, 0) is 0 Å². The molecule has 5 rings (SSSR count). The number of carbonyl (C=O) groups excluding carboxylic acids is 1. The lowest BCUT2D eigenvalue weighted by Crippen LogP contribution is -2.41. The van der Waals surface area contributed by atoms with Crippen LogP contribution in [-0.2, 0) is 17.7 Å². The van der Waals surface area contributed by atoms with Crippen molar-refractivity contribution in [3.05, 3.63) is 85.6 Å².